The van der Waals surface area contributed by atoms with Gasteiger partial charge in [0.15, 0.2) is 0 Å². The minimum absolute atomic E-state index is 0.0168. The van der Waals surface area contributed by atoms with Gasteiger partial charge >= 0.3 is 12.1 Å². The number of aromatic hydroxyl groups is 1. The number of benzene rings is 1. The number of halogens is 5. The van der Waals surface area contributed by atoms with Gasteiger partial charge in [0, 0.05) is 11.8 Å². The van der Waals surface area contributed by atoms with Crippen LogP contribution in [0.2, 0.25) is 0 Å². The molecule has 2 N–H and O–H groups in total. The average molecular weight is 632 g/mol. The molecule has 0 heterocycles. The Kier molecular flexibility index (Phi) is 9.77. The van der Waals surface area contributed by atoms with E-state index in [0.29, 0.717) is 29.3 Å². The quantitative estimate of drug-likeness (QED) is 0.159. The van der Waals surface area contributed by atoms with E-state index in [1.165, 1.54) is 35.7 Å². The van der Waals surface area contributed by atoms with Gasteiger partial charge in [-0.1, -0.05) is 25.8 Å². The van der Waals surface area contributed by atoms with Gasteiger partial charge in [-0.15, -0.1) is 0 Å². The molecule has 4 aliphatic rings. The van der Waals surface area contributed by atoms with Gasteiger partial charge in [0.05, 0.1) is 5.60 Å². The van der Waals surface area contributed by atoms with Crippen LogP contribution in [0.4, 0.5) is 22.0 Å². The Morgan fingerprint density at radius 3 is 2.35 bits per heavy atom. The SMILES string of the molecule is CN(CCCCC[C@@H]1Cc2cc(O)ccc2[C@H]2CC[C@]3(C)[C@]4(O)CC[C@@]3(CC4)[C@H]12)CCCSCCCC(F)(F)C(F)(F)F. The number of hydrogen-bond donors (Lipinski definition) is 2. The molecule has 0 radical (unpaired) electrons. The fourth-order valence-corrected chi connectivity index (χ4v) is 10.9. The molecular weight excluding hydrogens is 581 g/mol. The molecule has 0 aromatic heterocycles. The highest BCUT2D eigenvalue weighted by atomic mass is 32.2. The summed E-state index contributed by atoms with van der Waals surface area (Å²) >= 11 is 1.45. The Morgan fingerprint density at radius 2 is 1.63 bits per heavy atom. The number of alkyl halides is 5. The molecule has 0 saturated heterocycles. The number of hydrogen-bond acceptors (Lipinski definition) is 4. The van der Waals surface area contributed by atoms with Crippen LogP contribution in [0.5, 0.6) is 5.75 Å². The van der Waals surface area contributed by atoms with E-state index < -0.39 is 24.1 Å². The van der Waals surface area contributed by atoms with Crippen molar-refractivity contribution < 1.29 is 32.2 Å². The van der Waals surface area contributed by atoms with E-state index in [9.17, 15) is 32.2 Å². The molecule has 3 fully saturated rings. The van der Waals surface area contributed by atoms with Crippen LogP contribution in [-0.2, 0) is 6.42 Å². The number of phenolic OH excluding ortho intramolecular Hbond substituents is 1. The van der Waals surface area contributed by atoms with Crippen LogP contribution >= 0.6 is 11.8 Å². The second kappa shape index (κ2) is 12.6. The number of thioether (sulfide) groups is 1. The molecule has 1 aromatic rings. The van der Waals surface area contributed by atoms with Crippen molar-refractivity contribution in [1.82, 2.24) is 4.90 Å². The Hall–Kier alpha value is -1.06. The lowest BCUT2D eigenvalue weighted by Crippen LogP contribution is -2.54. The average Bonchev–Trinajstić information content (AvgIpc) is 3.31. The van der Waals surface area contributed by atoms with Crippen molar-refractivity contribution in [3.05, 3.63) is 29.3 Å². The third-order valence-electron chi connectivity index (χ3n) is 12.3. The lowest BCUT2D eigenvalue weighted by Gasteiger charge is -2.59. The first-order chi connectivity index (χ1) is 20.2. The maximum Gasteiger partial charge on any atom is 0.453 e. The van der Waals surface area contributed by atoms with Crippen LogP contribution < -0.4 is 0 Å². The van der Waals surface area contributed by atoms with Gasteiger partial charge in [0.25, 0.3) is 0 Å². The molecule has 4 atom stereocenters. The molecule has 3 nitrogen and oxygen atoms in total. The Bertz CT molecular complexity index is 1100. The zero-order valence-corrected chi connectivity index (χ0v) is 26.6. The lowest BCUT2D eigenvalue weighted by atomic mass is 9.45. The van der Waals surface area contributed by atoms with E-state index in [4.69, 9.17) is 0 Å². The fourth-order valence-electron chi connectivity index (χ4n) is 9.97. The second-order valence-corrected chi connectivity index (χ2v) is 15.7. The van der Waals surface area contributed by atoms with Crippen molar-refractivity contribution in [2.45, 2.75) is 120 Å². The molecule has 9 heteroatoms. The van der Waals surface area contributed by atoms with Crippen LogP contribution in [0.25, 0.3) is 0 Å². The van der Waals surface area contributed by atoms with Crippen LogP contribution in [0, 0.1) is 22.7 Å². The molecule has 244 valence electrons. The monoisotopic (exact) mass is 631 g/mol. The van der Waals surface area contributed by atoms with Crippen molar-refractivity contribution >= 4 is 11.8 Å². The Morgan fingerprint density at radius 1 is 0.930 bits per heavy atom. The van der Waals surface area contributed by atoms with Crippen molar-refractivity contribution in [2.24, 2.45) is 22.7 Å². The largest absolute Gasteiger partial charge is 0.508 e. The molecule has 0 unspecified atom stereocenters. The highest BCUT2D eigenvalue weighted by Gasteiger charge is 2.74. The number of nitrogens with zero attached hydrogens (tertiary/aromatic N) is 1. The maximum atomic E-state index is 13.0. The smallest absolute Gasteiger partial charge is 0.453 e. The molecule has 0 spiro atoms. The molecular formula is C34H50F5NO2S. The van der Waals surface area contributed by atoms with E-state index in [2.05, 4.69) is 24.9 Å². The third kappa shape index (κ3) is 6.22. The van der Waals surface area contributed by atoms with Crippen LogP contribution in [0.1, 0.15) is 107 Å². The summed E-state index contributed by atoms with van der Waals surface area (Å²) in [6.45, 7) is 4.28. The van der Waals surface area contributed by atoms with Gasteiger partial charge in [0.1, 0.15) is 5.75 Å². The third-order valence-corrected chi connectivity index (χ3v) is 13.4. The first-order valence-corrected chi connectivity index (χ1v) is 17.6. The van der Waals surface area contributed by atoms with Gasteiger partial charge < -0.3 is 15.1 Å². The molecule has 43 heavy (non-hydrogen) atoms. The molecule has 1 aromatic carbocycles. The molecule has 0 aliphatic heterocycles. The fraction of sp³-hybridized carbons (Fsp3) is 0.824. The number of fused-ring (bicyclic) bond motifs is 3. The van der Waals surface area contributed by atoms with Gasteiger partial charge in [-0.2, -0.15) is 33.7 Å². The second-order valence-electron chi connectivity index (χ2n) is 14.5. The van der Waals surface area contributed by atoms with Crippen molar-refractivity contribution in [2.75, 3.05) is 31.6 Å². The van der Waals surface area contributed by atoms with Crippen molar-refractivity contribution in [1.29, 1.82) is 0 Å². The normalized spacial score (nSPS) is 33.5. The summed E-state index contributed by atoms with van der Waals surface area (Å²) in [5.74, 6) is -1.45. The van der Waals surface area contributed by atoms with Crippen LogP contribution in [-0.4, -0.2) is 64.5 Å². The van der Waals surface area contributed by atoms with Crippen molar-refractivity contribution in [3.8, 4) is 5.75 Å². The molecule has 0 amide bonds. The van der Waals surface area contributed by atoms with E-state index in [1.54, 1.807) is 0 Å². The molecule has 3 saturated carbocycles. The number of unbranched alkanes of at least 4 members (excludes halogenated alkanes) is 2. The van der Waals surface area contributed by atoms with E-state index in [1.807, 2.05) is 12.1 Å². The standard InChI is InChI=1S/C34H50F5NO2S/c1-30-13-11-28-27-10-9-26(41)23-25(27)22-24(29(28)31(30)14-16-32(30,42)17-15-31)8-4-3-5-18-40(2)19-7-21-43-20-6-12-33(35,36)34(37,38)39/h9-10,23-24,28-29,41-42H,3-8,11-22H2,1-2H3/t24-,28-,29-,30+,31-,32+/m1/s1. The minimum Gasteiger partial charge on any atom is -0.508 e. The summed E-state index contributed by atoms with van der Waals surface area (Å²) in [6.07, 6.45) is 6.21. The highest BCUT2D eigenvalue weighted by molar-refractivity contribution is 7.99. The number of phenols is 1. The van der Waals surface area contributed by atoms with Gasteiger partial charge in [-0.25, -0.2) is 0 Å². The summed E-state index contributed by atoms with van der Waals surface area (Å²) in [4.78, 5) is 2.29. The first kappa shape index (κ1) is 33.3. The summed E-state index contributed by atoms with van der Waals surface area (Å²) in [5.41, 5.74) is 2.51. The molecule has 4 aliphatic carbocycles. The zero-order chi connectivity index (χ0) is 31.1. The molecule has 5 rings (SSSR count). The van der Waals surface area contributed by atoms with Crippen LogP contribution in [0.15, 0.2) is 18.2 Å². The van der Waals surface area contributed by atoms with Crippen molar-refractivity contribution in [3.63, 3.8) is 0 Å². The van der Waals surface area contributed by atoms with E-state index in [-0.39, 0.29) is 17.3 Å². The summed E-state index contributed by atoms with van der Waals surface area (Å²) < 4.78 is 62.8. The Balaban J connectivity index is 1.06. The summed E-state index contributed by atoms with van der Waals surface area (Å²) in [6, 6.07) is 6.03. The number of aliphatic hydroxyl groups is 1. The van der Waals surface area contributed by atoms with Gasteiger partial charge in [-0.05, 0) is 149 Å². The van der Waals surface area contributed by atoms with E-state index in [0.717, 1.165) is 83.1 Å². The van der Waals surface area contributed by atoms with Gasteiger partial charge in [0.2, 0.25) is 0 Å². The van der Waals surface area contributed by atoms with E-state index >= 15 is 0 Å². The number of rotatable bonds is 14. The lowest BCUT2D eigenvalue weighted by molar-refractivity contribution is -0.284. The zero-order valence-electron chi connectivity index (χ0n) is 25.8. The predicted molar refractivity (Wildman–Crippen MR) is 163 cm³/mol. The molecule has 2 bridgehead atoms. The summed E-state index contributed by atoms with van der Waals surface area (Å²) in [5, 5.41) is 21.9. The minimum atomic E-state index is -5.45. The Labute approximate surface area is 258 Å². The topological polar surface area (TPSA) is 43.7 Å². The van der Waals surface area contributed by atoms with Crippen LogP contribution in [0.3, 0.4) is 0 Å². The highest BCUT2D eigenvalue weighted by Crippen LogP contribution is 2.78. The summed E-state index contributed by atoms with van der Waals surface area (Å²) in [7, 11) is 2.09. The van der Waals surface area contributed by atoms with Gasteiger partial charge in [-0.3, -0.25) is 0 Å². The first-order valence-electron chi connectivity index (χ1n) is 16.5. The maximum absolute atomic E-state index is 13.0. The predicted octanol–water partition coefficient (Wildman–Crippen LogP) is 8.96.